The Kier molecular flexibility index (Phi) is 8.18. The van der Waals surface area contributed by atoms with Crippen LogP contribution in [0.3, 0.4) is 0 Å². The number of aliphatic hydroxyl groups is 1. The summed E-state index contributed by atoms with van der Waals surface area (Å²) >= 11 is 11.7. The highest BCUT2D eigenvalue weighted by atomic mass is 35.5. The molecule has 0 aromatic heterocycles. The Morgan fingerprint density at radius 2 is 2.16 bits per heavy atom. The van der Waals surface area contributed by atoms with Crippen LogP contribution in [0.2, 0.25) is 10.0 Å². The molecule has 0 fully saturated rings. The number of aliphatic hydroxyl groups excluding tert-OH is 1. The lowest BCUT2D eigenvalue weighted by Gasteiger charge is -2.14. The minimum absolute atomic E-state index is 0.170. The van der Waals surface area contributed by atoms with Gasteiger partial charge in [0.15, 0.2) is 0 Å². The van der Waals surface area contributed by atoms with Crippen molar-refractivity contribution in [2.24, 2.45) is 0 Å². The third-order valence-corrected chi connectivity index (χ3v) is 2.86. The van der Waals surface area contributed by atoms with E-state index >= 15 is 0 Å². The molecule has 19 heavy (non-hydrogen) atoms. The van der Waals surface area contributed by atoms with Crippen LogP contribution in [-0.4, -0.2) is 44.1 Å². The zero-order valence-electron chi connectivity index (χ0n) is 10.9. The molecule has 1 atom stereocenters. The zero-order valence-corrected chi connectivity index (χ0v) is 12.4. The van der Waals surface area contributed by atoms with Gasteiger partial charge in [0.25, 0.3) is 0 Å². The molecule has 0 bridgehead atoms. The van der Waals surface area contributed by atoms with E-state index in [-0.39, 0.29) is 6.61 Å². The quantitative estimate of drug-likeness (QED) is 0.688. The SMILES string of the molecule is CCOCCNCC(O)COc1ccc(Cl)cc1Cl. The van der Waals surface area contributed by atoms with E-state index in [0.717, 1.165) is 0 Å². The summed E-state index contributed by atoms with van der Waals surface area (Å²) < 4.78 is 10.6. The monoisotopic (exact) mass is 307 g/mol. The van der Waals surface area contributed by atoms with Crippen LogP contribution < -0.4 is 10.1 Å². The maximum atomic E-state index is 9.72. The van der Waals surface area contributed by atoms with E-state index in [2.05, 4.69) is 5.32 Å². The van der Waals surface area contributed by atoms with Crippen molar-refractivity contribution in [2.45, 2.75) is 13.0 Å². The maximum Gasteiger partial charge on any atom is 0.138 e. The second kappa shape index (κ2) is 9.39. The van der Waals surface area contributed by atoms with Gasteiger partial charge in [0.2, 0.25) is 0 Å². The van der Waals surface area contributed by atoms with E-state index < -0.39 is 6.10 Å². The van der Waals surface area contributed by atoms with Crippen LogP contribution in [0.15, 0.2) is 18.2 Å². The highest BCUT2D eigenvalue weighted by Crippen LogP contribution is 2.27. The molecule has 0 amide bonds. The summed E-state index contributed by atoms with van der Waals surface area (Å²) in [7, 11) is 0. The second-order valence-corrected chi connectivity index (χ2v) is 4.78. The zero-order chi connectivity index (χ0) is 14.1. The van der Waals surface area contributed by atoms with Crippen molar-refractivity contribution in [1.82, 2.24) is 5.32 Å². The Morgan fingerprint density at radius 1 is 1.37 bits per heavy atom. The summed E-state index contributed by atoms with van der Waals surface area (Å²) in [6.07, 6.45) is -0.603. The van der Waals surface area contributed by atoms with Crippen LogP contribution in [0, 0.1) is 0 Å². The topological polar surface area (TPSA) is 50.7 Å². The molecule has 0 saturated carbocycles. The molecule has 0 spiro atoms. The fourth-order valence-corrected chi connectivity index (χ4v) is 1.86. The Morgan fingerprint density at radius 3 is 2.84 bits per heavy atom. The number of hydrogen-bond donors (Lipinski definition) is 2. The van der Waals surface area contributed by atoms with Gasteiger partial charge < -0.3 is 19.9 Å². The molecular weight excluding hydrogens is 289 g/mol. The highest BCUT2D eigenvalue weighted by Gasteiger charge is 2.07. The van der Waals surface area contributed by atoms with Gasteiger partial charge in [-0.25, -0.2) is 0 Å². The van der Waals surface area contributed by atoms with Gasteiger partial charge in [0.1, 0.15) is 18.5 Å². The van der Waals surface area contributed by atoms with E-state index in [0.29, 0.717) is 42.1 Å². The van der Waals surface area contributed by atoms with Gasteiger partial charge in [-0.1, -0.05) is 23.2 Å². The van der Waals surface area contributed by atoms with Crippen molar-refractivity contribution in [1.29, 1.82) is 0 Å². The predicted molar refractivity (Wildman–Crippen MR) is 77.3 cm³/mol. The fourth-order valence-electron chi connectivity index (χ4n) is 1.39. The number of ether oxygens (including phenoxy) is 2. The lowest BCUT2D eigenvalue weighted by molar-refractivity contribution is 0.100. The van der Waals surface area contributed by atoms with Crippen LogP contribution in [0.1, 0.15) is 6.92 Å². The molecule has 1 aromatic carbocycles. The molecule has 0 saturated heterocycles. The Labute approximate surface area is 123 Å². The van der Waals surface area contributed by atoms with Crippen LogP contribution in [0.25, 0.3) is 0 Å². The minimum atomic E-state index is -0.603. The molecule has 0 heterocycles. The van der Waals surface area contributed by atoms with Gasteiger partial charge in [0.05, 0.1) is 11.6 Å². The van der Waals surface area contributed by atoms with Gasteiger partial charge >= 0.3 is 0 Å². The number of nitrogens with one attached hydrogen (secondary N) is 1. The number of benzene rings is 1. The van der Waals surface area contributed by atoms with Crippen LogP contribution in [0.5, 0.6) is 5.75 Å². The largest absolute Gasteiger partial charge is 0.489 e. The molecule has 1 rings (SSSR count). The summed E-state index contributed by atoms with van der Waals surface area (Å²) in [6.45, 7) is 4.59. The molecule has 0 aliphatic carbocycles. The maximum absolute atomic E-state index is 9.72. The van der Waals surface area contributed by atoms with Gasteiger partial charge in [-0.2, -0.15) is 0 Å². The average Bonchev–Trinajstić information content (AvgIpc) is 2.37. The van der Waals surface area contributed by atoms with E-state index in [1.54, 1.807) is 18.2 Å². The van der Waals surface area contributed by atoms with Crippen molar-refractivity contribution in [3.05, 3.63) is 28.2 Å². The molecule has 6 heteroatoms. The van der Waals surface area contributed by atoms with E-state index in [4.69, 9.17) is 32.7 Å². The Bertz CT molecular complexity index is 377. The van der Waals surface area contributed by atoms with Crippen LogP contribution in [0.4, 0.5) is 0 Å². The summed E-state index contributed by atoms with van der Waals surface area (Å²) in [5.74, 6) is 0.513. The predicted octanol–water partition coefficient (Wildman–Crippen LogP) is 2.36. The molecule has 0 aliphatic rings. The van der Waals surface area contributed by atoms with E-state index in [1.807, 2.05) is 6.92 Å². The first-order valence-electron chi connectivity index (χ1n) is 6.18. The summed E-state index contributed by atoms with van der Waals surface area (Å²) in [5, 5.41) is 13.8. The van der Waals surface area contributed by atoms with Gasteiger partial charge in [0, 0.05) is 24.7 Å². The van der Waals surface area contributed by atoms with Gasteiger partial charge in [-0.15, -0.1) is 0 Å². The first-order valence-corrected chi connectivity index (χ1v) is 6.93. The van der Waals surface area contributed by atoms with Gasteiger partial charge in [-0.05, 0) is 25.1 Å². The minimum Gasteiger partial charge on any atom is -0.489 e. The molecular formula is C13H19Cl2NO3. The molecule has 108 valence electrons. The Balaban J connectivity index is 2.20. The first kappa shape index (κ1) is 16.5. The van der Waals surface area contributed by atoms with Crippen molar-refractivity contribution >= 4 is 23.2 Å². The lowest BCUT2D eigenvalue weighted by atomic mass is 10.3. The van der Waals surface area contributed by atoms with Crippen molar-refractivity contribution in [2.75, 3.05) is 32.9 Å². The van der Waals surface area contributed by atoms with Crippen molar-refractivity contribution < 1.29 is 14.6 Å². The number of halogens is 2. The highest BCUT2D eigenvalue weighted by molar-refractivity contribution is 6.35. The molecule has 0 radical (unpaired) electrons. The fraction of sp³-hybridized carbons (Fsp3) is 0.538. The second-order valence-electron chi connectivity index (χ2n) is 3.94. The molecule has 1 unspecified atom stereocenters. The Hall–Kier alpha value is -0.520. The van der Waals surface area contributed by atoms with Gasteiger partial charge in [-0.3, -0.25) is 0 Å². The van der Waals surface area contributed by atoms with Crippen molar-refractivity contribution in [3.63, 3.8) is 0 Å². The van der Waals surface area contributed by atoms with Crippen LogP contribution >= 0.6 is 23.2 Å². The number of hydrogen-bond acceptors (Lipinski definition) is 4. The molecule has 4 nitrogen and oxygen atoms in total. The molecule has 0 aliphatic heterocycles. The molecule has 1 aromatic rings. The van der Waals surface area contributed by atoms with Crippen LogP contribution in [-0.2, 0) is 4.74 Å². The average molecular weight is 308 g/mol. The smallest absolute Gasteiger partial charge is 0.138 e. The van der Waals surface area contributed by atoms with E-state index in [9.17, 15) is 5.11 Å². The summed E-state index contributed by atoms with van der Waals surface area (Å²) in [5.41, 5.74) is 0. The van der Waals surface area contributed by atoms with E-state index in [1.165, 1.54) is 0 Å². The lowest BCUT2D eigenvalue weighted by Crippen LogP contribution is -2.33. The number of rotatable bonds is 9. The molecule has 2 N–H and O–H groups in total. The third kappa shape index (κ3) is 6.99. The normalized spacial score (nSPS) is 12.4. The standard InChI is InChI=1S/C13H19Cl2NO3/c1-2-18-6-5-16-8-11(17)9-19-13-4-3-10(14)7-12(13)15/h3-4,7,11,16-17H,2,5-6,8-9H2,1H3. The van der Waals surface area contributed by atoms with Crippen molar-refractivity contribution in [3.8, 4) is 5.75 Å². The first-order chi connectivity index (χ1) is 9.13. The third-order valence-electron chi connectivity index (χ3n) is 2.33. The summed E-state index contributed by atoms with van der Waals surface area (Å²) in [4.78, 5) is 0. The summed E-state index contributed by atoms with van der Waals surface area (Å²) in [6, 6.07) is 4.97.